The molecule has 0 spiro atoms. The number of carbonyl (C=O) groups is 1. The molecule has 0 radical (unpaired) electrons. The fraction of sp³-hybridized carbons (Fsp3) is 0.429. The maximum atomic E-state index is 12.3. The summed E-state index contributed by atoms with van der Waals surface area (Å²) in [6, 6.07) is 7.74. The van der Waals surface area contributed by atoms with Crippen molar-refractivity contribution in [2.45, 2.75) is 37.8 Å². The van der Waals surface area contributed by atoms with E-state index in [0.29, 0.717) is 5.56 Å². The van der Waals surface area contributed by atoms with Crippen molar-refractivity contribution in [3.63, 3.8) is 0 Å². The third-order valence-electron chi connectivity index (χ3n) is 3.83. The first-order chi connectivity index (χ1) is 10.2. The van der Waals surface area contributed by atoms with Gasteiger partial charge in [-0.15, -0.1) is 5.10 Å². The second kappa shape index (κ2) is 6.01. The van der Waals surface area contributed by atoms with E-state index in [2.05, 4.69) is 20.8 Å². The molecule has 0 unspecified atom stereocenters. The summed E-state index contributed by atoms with van der Waals surface area (Å²) in [5.74, 6) is -0.0644. The van der Waals surface area contributed by atoms with Crippen LogP contribution in [0, 0.1) is 0 Å². The van der Waals surface area contributed by atoms with Gasteiger partial charge in [0.15, 0.2) is 0 Å². The molecule has 3 N–H and O–H groups in total. The number of hydrogen-bond acceptors (Lipinski definition) is 5. The van der Waals surface area contributed by atoms with Gasteiger partial charge in [0.2, 0.25) is 0 Å². The summed E-state index contributed by atoms with van der Waals surface area (Å²) in [4.78, 5) is 12.3. The van der Waals surface area contributed by atoms with Crippen LogP contribution in [0.25, 0.3) is 5.69 Å². The van der Waals surface area contributed by atoms with Crippen molar-refractivity contribution in [1.82, 2.24) is 25.5 Å². The third-order valence-corrected chi connectivity index (χ3v) is 3.83. The molecule has 0 aliphatic heterocycles. The number of rotatable bonds is 3. The number of nitrogens with two attached hydrogens (primary N) is 1. The summed E-state index contributed by atoms with van der Waals surface area (Å²) in [5, 5.41) is 14.1. The molecular weight excluding hydrogens is 268 g/mol. The minimum Gasteiger partial charge on any atom is -0.349 e. The van der Waals surface area contributed by atoms with Crippen LogP contribution in [-0.2, 0) is 0 Å². The molecule has 0 saturated heterocycles. The van der Waals surface area contributed by atoms with Crippen molar-refractivity contribution in [1.29, 1.82) is 0 Å². The fourth-order valence-corrected chi connectivity index (χ4v) is 2.60. The lowest BCUT2D eigenvalue weighted by molar-refractivity contribution is 0.0926. The molecule has 0 bridgehead atoms. The van der Waals surface area contributed by atoms with Crippen molar-refractivity contribution in [3.05, 3.63) is 36.2 Å². The van der Waals surface area contributed by atoms with E-state index in [-0.39, 0.29) is 18.0 Å². The molecular formula is C14H18N6O. The molecule has 1 aliphatic carbocycles. The molecule has 1 heterocycles. The molecule has 1 aliphatic rings. The Morgan fingerprint density at radius 2 is 2.10 bits per heavy atom. The van der Waals surface area contributed by atoms with Crippen LogP contribution in [0.1, 0.15) is 36.0 Å². The minimum absolute atomic E-state index is 0.0644. The van der Waals surface area contributed by atoms with E-state index in [1.54, 1.807) is 12.1 Å². The maximum absolute atomic E-state index is 12.3. The summed E-state index contributed by atoms with van der Waals surface area (Å²) in [5.41, 5.74) is 7.25. The Morgan fingerprint density at radius 1 is 1.29 bits per heavy atom. The summed E-state index contributed by atoms with van der Waals surface area (Å²) in [6.45, 7) is 0. The van der Waals surface area contributed by atoms with Gasteiger partial charge in [-0.25, -0.2) is 4.68 Å². The quantitative estimate of drug-likeness (QED) is 0.863. The van der Waals surface area contributed by atoms with E-state index in [0.717, 1.165) is 31.4 Å². The molecule has 7 heteroatoms. The zero-order chi connectivity index (χ0) is 14.7. The molecule has 7 nitrogen and oxygen atoms in total. The van der Waals surface area contributed by atoms with Crippen LogP contribution in [0.4, 0.5) is 0 Å². The average Bonchev–Trinajstić information content (AvgIpc) is 3.04. The van der Waals surface area contributed by atoms with Crippen molar-refractivity contribution >= 4 is 5.91 Å². The Kier molecular flexibility index (Phi) is 3.92. The van der Waals surface area contributed by atoms with Crippen LogP contribution < -0.4 is 11.1 Å². The molecule has 1 saturated carbocycles. The third kappa shape index (κ3) is 3.25. The van der Waals surface area contributed by atoms with Gasteiger partial charge >= 0.3 is 0 Å². The fourth-order valence-electron chi connectivity index (χ4n) is 2.60. The van der Waals surface area contributed by atoms with Crippen LogP contribution >= 0.6 is 0 Å². The molecule has 2 aromatic rings. The lowest BCUT2D eigenvalue weighted by atomic mass is 9.91. The van der Waals surface area contributed by atoms with E-state index < -0.39 is 0 Å². The van der Waals surface area contributed by atoms with Gasteiger partial charge in [-0.1, -0.05) is 6.07 Å². The number of amides is 1. The molecule has 1 fully saturated rings. The first-order valence-corrected chi connectivity index (χ1v) is 7.12. The lowest BCUT2D eigenvalue weighted by Crippen LogP contribution is -2.40. The van der Waals surface area contributed by atoms with E-state index in [1.807, 2.05) is 12.1 Å². The summed E-state index contributed by atoms with van der Waals surface area (Å²) in [7, 11) is 0. The van der Waals surface area contributed by atoms with Crippen molar-refractivity contribution in [2.75, 3.05) is 0 Å². The first-order valence-electron chi connectivity index (χ1n) is 7.12. The highest BCUT2D eigenvalue weighted by Crippen LogP contribution is 2.17. The van der Waals surface area contributed by atoms with Crippen LogP contribution in [-0.4, -0.2) is 38.2 Å². The van der Waals surface area contributed by atoms with Gasteiger partial charge in [0.25, 0.3) is 5.91 Å². The van der Waals surface area contributed by atoms with E-state index in [9.17, 15) is 4.79 Å². The van der Waals surface area contributed by atoms with E-state index in [1.165, 1.54) is 11.0 Å². The van der Waals surface area contributed by atoms with Crippen molar-refractivity contribution in [3.8, 4) is 5.69 Å². The SMILES string of the molecule is NC1CCC(NC(=O)c2cccc(-n3cnnn3)c2)CC1. The number of benzene rings is 1. The molecule has 1 amide bonds. The monoisotopic (exact) mass is 286 g/mol. The second-order valence-corrected chi connectivity index (χ2v) is 5.39. The van der Waals surface area contributed by atoms with Crippen LogP contribution in [0.2, 0.25) is 0 Å². The smallest absolute Gasteiger partial charge is 0.251 e. The van der Waals surface area contributed by atoms with Gasteiger partial charge in [0.1, 0.15) is 6.33 Å². The summed E-state index contributed by atoms with van der Waals surface area (Å²) >= 11 is 0. The Morgan fingerprint density at radius 3 is 2.81 bits per heavy atom. The Hall–Kier alpha value is -2.28. The summed E-state index contributed by atoms with van der Waals surface area (Å²) < 4.78 is 1.52. The molecule has 21 heavy (non-hydrogen) atoms. The van der Waals surface area contributed by atoms with Gasteiger partial charge in [-0.2, -0.15) is 0 Å². The molecule has 0 atom stereocenters. The zero-order valence-electron chi connectivity index (χ0n) is 11.6. The number of carbonyl (C=O) groups excluding carboxylic acids is 1. The van der Waals surface area contributed by atoms with Crippen LogP contribution in [0.5, 0.6) is 0 Å². The predicted octanol–water partition coefficient (Wildman–Crippen LogP) is 0.662. The highest BCUT2D eigenvalue weighted by atomic mass is 16.1. The van der Waals surface area contributed by atoms with Gasteiger partial charge < -0.3 is 11.1 Å². The molecule has 3 rings (SSSR count). The lowest BCUT2D eigenvalue weighted by Gasteiger charge is -2.26. The Bertz CT molecular complexity index is 604. The normalized spacial score (nSPS) is 22.0. The highest BCUT2D eigenvalue weighted by molar-refractivity contribution is 5.94. The largest absolute Gasteiger partial charge is 0.349 e. The second-order valence-electron chi connectivity index (χ2n) is 5.39. The van der Waals surface area contributed by atoms with Crippen LogP contribution in [0.15, 0.2) is 30.6 Å². The Labute approximate surface area is 122 Å². The minimum atomic E-state index is -0.0644. The van der Waals surface area contributed by atoms with Gasteiger partial charge in [-0.3, -0.25) is 4.79 Å². The number of hydrogen-bond donors (Lipinski definition) is 2. The molecule has 1 aromatic carbocycles. The van der Waals surface area contributed by atoms with Crippen molar-refractivity contribution in [2.24, 2.45) is 5.73 Å². The number of nitrogens with zero attached hydrogens (tertiary/aromatic N) is 4. The van der Waals surface area contributed by atoms with E-state index in [4.69, 9.17) is 5.73 Å². The number of nitrogens with one attached hydrogen (secondary N) is 1. The summed E-state index contributed by atoms with van der Waals surface area (Å²) in [6.07, 6.45) is 5.32. The maximum Gasteiger partial charge on any atom is 0.251 e. The Balaban J connectivity index is 1.69. The molecule has 110 valence electrons. The first kappa shape index (κ1) is 13.7. The van der Waals surface area contributed by atoms with Gasteiger partial charge in [-0.05, 0) is 54.3 Å². The van der Waals surface area contributed by atoms with Crippen LogP contribution in [0.3, 0.4) is 0 Å². The number of tetrazole rings is 1. The van der Waals surface area contributed by atoms with Gasteiger partial charge in [0, 0.05) is 17.6 Å². The van der Waals surface area contributed by atoms with E-state index >= 15 is 0 Å². The number of aromatic nitrogens is 4. The van der Waals surface area contributed by atoms with Crippen molar-refractivity contribution < 1.29 is 4.79 Å². The zero-order valence-corrected chi connectivity index (χ0v) is 11.6. The average molecular weight is 286 g/mol. The van der Waals surface area contributed by atoms with Gasteiger partial charge in [0.05, 0.1) is 5.69 Å². The molecule has 1 aromatic heterocycles. The predicted molar refractivity (Wildman–Crippen MR) is 76.9 cm³/mol. The highest BCUT2D eigenvalue weighted by Gasteiger charge is 2.20. The topological polar surface area (TPSA) is 98.7 Å². The standard InChI is InChI=1S/C14H18N6O/c15-11-4-6-12(7-5-11)17-14(21)10-2-1-3-13(8-10)20-9-16-18-19-20/h1-3,8-9,11-12H,4-7,15H2,(H,17,21).